The molecule has 0 aliphatic heterocycles. The Balaban J connectivity index is 2.38. The minimum Gasteiger partial charge on any atom is -0.331 e. The van der Waals surface area contributed by atoms with Crippen LogP contribution in [0.2, 0.25) is 0 Å². The second-order valence-corrected chi connectivity index (χ2v) is 4.21. The summed E-state index contributed by atoms with van der Waals surface area (Å²) in [4.78, 5) is 4.70. The smallest absolute Gasteiger partial charge is 0.109 e. The van der Waals surface area contributed by atoms with Gasteiger partial charge in [-0.15, -0.1) is 0 Å². The molecule has 0 radical (unpaired) electrons. The van der Waals surface area contributed by atoms with Crippen molar-refractivity contribution in [1.29, 1.82) is 0 Å². The van der Waals surface area contributed by atoms with E-state index < -0.39 is 0 Å². The summed E-state index contributed by atoms with van der Waals surface area (Å²) in [6.07, 6.45) is 7.85. The van der Waals surface area contributed by atoms with Crippen molar-refractivity contribution in [3.63, 3.8) is 0 Å². The lowest BCUT2D eigenvalue weighted by Gasteiger charge is -2.11. The largest absolute Gasteiger partial charge is 0.331 e. The van der Waals surface area contributed by atoms with Gasteiger partial charge >= 0.3 is 0 Å². The zero-order valence-corrected chi connectivity index (χ0v) is 9.25. The monoisotopic (exact) mass is 190 g/mol. The number of fused-ring (bicyclic) bond motifs is 1. The van der Waals surface area contributed by atoms with E-state index in [9.17, 15) is 0 Å². The molecule has 76 valence electrons. The number of aryl methyl sites for hydroxylation is 1. The average molecular weight is 190 g/mol. The van der Waals surface area contributed by atoms with E-state index >= 15 is 0 Å². The first-order valence-electron chi connectivity index (χ1n) is 5.45. The molecule has 14 heavy (non-hydrogen) atoms. The highest BCUT2D eigenvalue weighted by molar-refractivity contribution is 5.52. The molecule has 0 saturated heterocycles. The van der Waals surface area contributed by atoms with Crippen LogP contribution < -0.4 is 0 Å². The highest BCUT2D eigenvalue weighted by Crippen LogP contribution is 2.23. The van der Waals surface area contributed by atoms with Crippen molar-refractivity contribution in [3.05, 3.63) is 23.3 Å². The number of nitrogens with zero attached hydrogens (tertiary/aromatic N) is 2. The van der Waals surface area contributed by atoms with Crippen LogP contribution in [0.25, 0.3) is 6.08 Å². The minimum absolute atomic E-state index is 0.645. The summed E-state index contributed by atoms with van der Waals surface area (Å²) in [5, 5.41) is 0. The first-order valence-corrected chi connectivity index (χ1v) is 5.45. The van der Waals surface area contributed by atoms with E-state index in [0.717, 1.165) is 12.8 Å². The predicted molar refractivity (Wildman–Crippen MR) is 59.1 cm³/mol. The zero-order chi connectivity index (χ0) is 10.1. The van der Waals surface area contributed by atoms with Crippen LogP contribution in [0.4, 0.5) is 0 Å². The van der Waals surface area contributed by atoms with Crippen LogP contribution in [-0.2, 0) is 19.9 Å². The van der Waals surface area contributed by atoms with Crippen LogP contribution in [0.15, 0.2) is 6.08 Å². The third-order valence-corrected chi connectivity index (χ3v) is 2.88. The van der Waals surface area contributed by atoms with Crippen molar-refractivity contribution in [1.82, 2.24) is 9.55 Å². The molecule has 0 saturated carbocycles. The molecule has 2 nitrogen and oxygen atoms in total. The lowest BCUT2D eigenvalue weighted by Crippen LogP contribution is -2.04. The Labute approximate surface area is 85.7 Å². The Morgan fingerprint density at radius 1 is 1.57 bits per heavy atom. The summed E-state index contributed by atoms with van der Waals surface area (Å²) in [5.74, 6) is 1.88. The second kappa shape index (κ2) is 3.60. The molecule has 0 fully saturated rings. The van der Waals surface area contributed by atoms with Crippen LogP contribution in [0.1, 0.15) is 37.5 Å². The molecule has 1 aromatic heterocycles. The molecule has 0 bridgehead atoms. The van der Waals surface area contributed by atoms with Crippen LogP contribution in [0.3, 0.4) is 0 Å². The number of imidazole rings is 1. The summed E-state index contributed by atoms with van der Waals surface area (Å²) >= 11 is 0. The molecule has 1 heterocycles. The van der Waals surface area contributed by atoms with Crippen molar-refractivity contribution in [2.75, 3.05) is 0 Å². The molecular formula is C12H18N2. The van der Waals surface area contributed by atoms with Crippen molar-refractivity contribution >= 4 is 6.08 Å². The van der Waals surface area contributed by atoms with E-state index in [2.05, 4.69) is 37.6 Å². The normalized spacial score (nSPS) is 19.8. The van der Waals surface area contributed by atoms with Crippen LogP contribution in [0.5, 0.6) is 0 Å². The molecule has 0 N–H and O–H groups in total. The number of aromatic nitrogens is 2. The molecule has 0 aromatic carbocycles. The van der Waals surface area contributed by atoms with Gasteiger partial charge in [-0.25, -0.2) is 4.98 Å². The van der Waals surface area contributed by atoms with E-state index in [4.69, 9.17) is 4.98 Å². The van der Waals surface area contributed by atoms with E-state index in [-0.39, 0.29) is 0 Å². The van der Waals surface area contributed by atoms with Gasteiger partial charge in [0.05, 0.1) is 11.4 Å². The molecule has 1 aliphatic carbocycles. The molecule has 0 spiro atoms. The van der Waals surface area contributed by atoms with Gasteiger partial charge < -0.3 is 4.57 Å². The summed E-state index contributed by atoms with van der Waals surface area (Å²) in [6, 6.07) is 0. The molecule has 1 aliphatic rings. The van der Waals surface area contributed by atoms with Gasteiger partial charge in [0.1, 0.15) is 5.82 Å². The highest BCUT2D eigenvalue weighted by atomic mass is 15.1. The Bertz CT molecular complexity index is 361. The Hall–Kier alpha value is -1.05. The number of hydrogen-bond acceptors (Lipinski definition) is 1. The Kier molecular flexibility index (Phi) is 2.44. The maximum absolute atomic E-state index is 4.70. The van der Waals surface area contributed by atoms with Gasteiger partial charge in [-0.2, -0.15) is 0 Å². The van der Waals surface area contributed by atoms with Gasteiger partial charge in [0.15, 0.2) is 0 Å². The molecule has 1 aromatic rings. The molecule has 2 rings (SSSR count). The lowest BCUT2D eigenvalue weighted by molar-refractivity contribution is 0.700. The summed E-state index contributed by atoms with van der Waals surface area (Å²) in [6.45, 7) is 4.44. The van der Waals surface area contributed by atoms with Crippen molar-refractivity contribution in [3.8, 4) is 0 Å². The van der Waals surface area contributed by atoms with Crippen LogP contribution in [-0.4, -0.2) is 9.55 Å². The number of allylic oxidation sites excluding steroid dienone is 1. The third-order valence-electron chi connectivity index (χ3n) is 2.88. The fourth-order valence-electron chi connectivity index (χ4n) is 2.05. The van der Waals surface area contributed by atoms with Gasteiger partial charge in [-0.1, -0.05) is 19.9 Å². The van der Waals surface area contributed by atoms with Crippen LogP contribution in [0, 0.1) is 5.92 Å². The summed E-state index contributed by atoms with van der Waals surface area (Å²) in [5.41, 5.74) is 2.59. The SMILES string of the molecule is CCCc1nc2c(n1C)C=C[C@H](C)C2. The highest BCUT2D eigenvalue weighted by Gasteiger charge is 2.16. The quantitative estimate of drug-likeness (QED) is 0.701. The van der Waals surface area contributed by atoms with E-state index in [0.29, 0.717) is 5.92 Å². The maximum Gasteiger partial charge on any atom is 0.109 e. The van der Waals surface area contributed by atoms with Crippen LogP contribution >= 0.6 is 0 Å². The summed E-state index contributed by atoms with van der Waals surface area (Å²) < 4.78 is 2.24. The predicted octanol–water partition coefficient (Wildman–Crippen LogP) is 2.58. The zero-order valence-electron chi connectivity index (χ0n) is 9.25. The van der Waals surface area contributed by atoms with Crippen molar-refractivity contribution < 1.29 is 0 Å². The topological polar surface area (TPSA) is 17.8 Å². The average Bonchev–Trinajstić information content (AvgIpc) is 2.44. The lowest BCUT2D eigenvalue weighted by atomic mass is 9.98. The standard InChI is InChI=1S/C12H18N2/c1-4-5-12-13-10-8-9(2)6-7-11(10)14(12)3/h6-7,9H,4-5,8H2,1-3H3/t9-/m0/s1. The molecule has 1 atom stereocenters. The van der Waals surface area contributed by atoms with Gasteiger partial charge in [0.25, 0.3) is 0 Å². The van der Waals surface area contributed by atoms with Gasteiger partial charge in [0.2, 0.25) is 0 Å². The van der Waals surface area contributed by atoms with Gasteiger partial charge in [-0.3, -0.25) is 0 Å². The van der Waals surface area contributed by atoms with Crippen molar-refractivity contribution in [2.45, 2.75) is 33.1 Å². The van der Waals surface area contributed by atoms with E-state index in [1.807, 2.05) is 0 Å². The van der Waals surface area contributed by atoms with Gasteiger partial charge in [0, 0.05) is 13.5 Å². The fourth-order valence-corrected chi connectivity index (χ4v) is 2.05. The second-order valence-electron chi connectivity index (χ2n) is 4.21. The number of hydrogen-bond donors (Lipinski definition) is 0. The Morgan fingerprint density at radius 3 is 3.07 bits per heavy atom. The minimum atomic E-state index is 0.645. The first-order chi connectivity index (χ1) is 6.72. The molecular weight excluding hydrogens is 172 g/mol. The molecule has 0 amide bonds. The van der Waals surface area contributed by atoms with Gasteiger partial charge in [-0.05, 0) is 24.8 Å². The van der Waals surface area contributed by atoms with Crippen molar-refractivity contribution in [2.24, 2.45) is 13.0 Å². The number of rotatable bonds is 2. The Morgan fingerprint density at radius 2 is 2.36 bits per heavy atom. The first kappa shape index (κ1) is 9.50. The molecule has 2 heteroatoms. The van der Waals surface area contributed by atoms with E-state index in [1.165, 1.54) is 23.6 Å². The third kappa shape index (κ3) is 1.49. The summed E-state index contributed by atoms with van der Waals surface area (Å²) in [7, 11) is 2.12. The fraction of sp³-hybridized carbons (Fsp3) is 0.583. The molecule has 0 unspecified atom stereocenters. The maximum atomic E-state index is 4.70. The van der Waals surface area contributed by atoms with E-state index in [1.54, 1.807) is 0 Å².